The molecule has 1 aromatic carbocycles. The maximum atomic E-state index is 12.4. The highest BCUT2D eigenvalue weighted by Crippen LogP contribution is 2.23. The van der Waals surface area contributed by atoms with E-state index in [2.05, 4.69) is 38.3 Å². The molecular formula is C19H22BrN3O2S. The van der Waals surface area contributed by atoms with Gasteiger partial charge in [-0.3, -0.25) is 14.5 Å². The van der Waals surface area contributed by atoms with Gasteiger partial charge in [-0.1, -0.05) is 18.2 Å². The van der Waals surface area contributed by atoms with Crippen molar-refractivity contribution in [1.29, 1.82) is 0 Å². The first kappa shape index (κ1) is 19.1. The highest BCUT2D eigenvalue weighted by atomic mass is 79.9. The molecule has 2 heterocycles. The SMILES string of the molecule is Cc1ccccc1C(=O)NCC(=O)N1CCN(Cc2ccc(Br)s2)CC1. The predicted octanol–water partition coefficient (Wildman–Crippen LogP) is 2.89. The highest BCUT2D eigenvalue weighted by molar-refractivity contribution is 9.11. The van der Waals surface area contributed by atoms with Gasteiger partial charge in [-0.15, -0.1) is 11.3 Å². The highest BCUT2D eigenvalue weighted by Gasteiger charge is 2.22. The smallest absolute Gasteiger partial charge is 0.251 e. The molecule has 0 atom stereocenters. The maximum absolute atomic E-state index is 12.4. The molecule has 0 radical (unpaired) electrons. The summed E-state index contributed by atoms with van der Waals surface area (Å²) in [6.45, 7) is 5.96. The molecule has 0 bridgehead atoms. The van der Waals surface area contributed by atoms with Crippen molar-refractivity contribution in [2.75, 3.05) is 32.7 Å². The van der Waals surface area contributed by atoms with E-state index in [1.54, 1.807) is 17.4 Å². The molecule has 5 nitrogen and oxygen atoms in total. The molecule has 1 fully saturated rings. The summed E-state index contributed by atoms with van der Waals surface area (Å²) in [5.41, 5.74) is 1.53. The summed E-state index contributed by atoms with van der Waals surface area (Å²) in [4.78, 5) is 30.1. The minimum absolute atomic E-state index is 0.0227. The van der Waals surface area contributed by atoms with Crippen molar-refractivity contribution in [3.8, 4) is 0 Å². The number of carbonyl (C=O) groups excluding carboxylic acids is 2. The lowest BCUT2D eigenvalue weighted by atomic mass is 10.1. The zero-order valence-corrected chi connectivity index (χ0v) is 17.1. The van der Waals surface area contributed by atoms with E-state index < -0.39 is 0 Å². The number of hydrogen-bond acceptors (Lipinski definition) is 4. The van der Waals surface area contributed by atoms with Crippen molar-refractivity contribution < 1.29 is 9.59 Å². The van der Waals surface area contributed by atoms with Crippen molar-refractivity contribution in [2.24, 2.45) is 0 Å². The van der Waals surface area contributed by atoms with Gasteiger partial charge in [-0.25, -0.2) is 0 Å². The number of nitrogens with one attached hydrogen (secondary N) is 1. The molecule has 1 N–H and O–H groups in total. The standard InChI is InChI=1S/C19H22BrN3O2S/c1-14-4-2-3-5-16(14)19(25)21-12-18(24)23-10-8-22(9-11-23)13-15-6-7-17(20)26-15/h2-7H,8-13H2,1H3,(H,21,25). The second-order valence-electron chi connectivity index (χ2n) is 6.36. The fourth-order valence-corrected chi connectivity index (χ4v) is 4.53. The Morgan fingerprint density at radius 1 is 1.12 bits per heavy atom. The molecule has 0 spiro atoms. The van der Waals surface area contributed by atoms with Crippen LogP contribution in [0.4, 0.5) is 0 Å². The summed E-state index contributed by atoms with van der Waals surface area (Å²) in [6, 6.07) is 11.6. The number of aryl methyl sites for hydroxylation is 1. The van der Waals surface area contributed by atoms with Gasteiger partial charge in [0.05, 0.1) is 10.3 Å². The third-order valence-corrected chi connectivity index (χ3v) is 6.13. The minimum Gasteiger partial charge on any atom is -0.343 e. The van der Waals surface area contributed by atoms with Crippen LogP contribution in [0.1, 0.15) is 20.8 Å². The normalized spacial score (nSPS) is 15.1. The van der Waals surface area contributed by atoms with Gasteiger partial charge in [0.2, 0.25) is 5.91 Å². The number of benzene rings is 1. The number of thiophene rings is 1. The predicted molar refractivity (Wildman–Crippen MR) is 107 cm³/mol. The van der Waals surface area contributed by atoms with Gasteiger partial charge in [-0.2, -0.15) is 0 Å². The first-order valence-electron chi connectivity index (χ1n) is 8.61. The number of nitrogens with zero attached hydrogens (tertiary/aromatic N) is 2. The number of amides is 2. The van der Waals surface area contributed by atoms with Crippen molar-refractivity contribution in [1.82, 2.24) is 15.1 Å². The van der Waals surface area contributed by atoms with Crippen LogP contribution in [0.5, 0.6) is 0 Å². The van der Waals surface area contributed by atoms with Crippen LogP contribution < -0.4 is 5.32 Å². The van der Waals surface area contributed by atoms with Crippen LogP contribution in [-0.2, 0) is 11.3 Å². The van der Waals surface area contributed by atoms with E-state index in [4.69, 9.17) is 0 Å². The van der Waals surface area contributed by atoms with E-state index in [0.29, 0.717) is 18.7 Å². The van der Waals surface area contributed by atoms with Crippen molar-refractivity contribution >= 4 is 39.1 Å². The second kappa shape index (κ2) is 8.79. The lowest BCUT2D eigenvalue weighted by molar-refractivity contribution is -0.131. The molecule has 0 saturated carbocycles. The number of piperazine rings is 1. The van der Waals surface area contributed by atoms with Gasteiger partial charge < -0.3 is 10.2 Å². The molecule has 0 aliphatic carbocycles. The van der Waals surface area contributed by atoms with Crippen LogP contribution in [-0.4, -0.2) is 54.3 Å². The molecule has 1 aliphatic heterocycles. The van der Waals surface area contributed by atoms with Crippen LogP contribution >= 0.6 is 27.3 Å². The Morgan fingerprint density at radius 3 is 2.50 bits per heavy atom. The fraction of sp³-hybridized carbons (Fsp3) is 0.368. The van der Waals surface area contributed by atoms with Crippen LogP contribution in [0.2, 0.25) is 0 Å². The van der Waals surface area contributed by atoms with Crippen molar-refractivity contribution in [3.05, 3.63) is 56.2 Å². The second-order valence-corrected chi connectivity index (χ2v) is 8.91. The van der Waals surface area contributed by atoms with Gasteiger partial charge in [0, 0.05) is 43.2 Å². The molecule has 1 aromatic heterocycles. The Morgan fingerprint density at radius 2 is 1.85 bits per heavy atom. The Labute approximate surface area is 166 Å². The van der Waals surface area contributed by atoms with Crippen LogP contribution in [0, 0.1) is 6.92 Å². The Kier molecular flexibility index (Phi) is 6.45. The largest absolute Gasteiger partial charge is 0.343 e. The van der Waals surface area contributed by atoms with Gasteiger partial charge in [0.15, 0.2) is 0 Å². The summed E-state index contributed by atoms with van der Waals surface area (Å²) in [7, 11) is 0. The first-order chi connectivity index (χ1) is 12.5. The number of hydrogen-bond donors (Lipinski definition) is 1. The van der Waals surface area contributed by atoms with E-state index in [-0.39, 0.29) is 18.4 Å². The third kappa shape index (κ3) is 4.93. The summed E-state index contributed by atoms with van der Waals surface area (Å²) in [5, 5.41) is 2.74. The minimum atomic E-state index is -0.196. The molecule has 2 aromatic rings. The molecule has 1 aliphatic rings. The summed E-state index contributed by atoms with van der Waals surface area (Å²) >= 11 is 5.23. The molecule has 138 valence electrons. The average Bonchev–Trinajstić information content (AvgIpc) is 3.05. The van der Waals surface area contributed by atoms with Crippen LogP contribution in [0.3, 0.4) is 0 Å². The maximum Gasteiger partial charge on any atom is 0.251 e. The van der Waals surface area contributed by atoms with Gasteiger partial charge in [-0.05, 0) is 46.6 Å². The Bertz CT molecular complexity index is 785. The summed E-state index contributed by atoms with van der Waals surface area (Å²) < 4.78 is 1.14. The molecule has 2 amide bonds. The fourth-order valence-electron chi connectivity index (χ4n) is 3.00. The summed E-state index contributed by atoms with van der Waals surface area (Å²) in [6.07, 6.45) is 0. The zero-order chi connectivity index (χ0) is 18.5. The average molecular weight is 436 g/mol. The monoisotopic (exact) mass is 435 g/mol. The molecule has 1 saturated heterocycles. The van der Waals surface area contributed by atoms with E-state index in [1.165, 1.54) is 4.88 Å². The molecule has 0 unspecified atom stereocenters. The van der Waals surface area contributed by atoms with E-state index in [9.17, 15) is 9.59 Å². The van der Waals surface area contributed by atoms with E-state index in [0.717, 1.165) is 29.0 Å². The zero-order valence-electron chi connectivity index (χ0n) is 14.7. The lowest BCUT2D eigenvalue weighted by Crippen LogP contribution is -2.50. The van der Waals surface area contributed by atoms with Crippen LogP contribution in [0.25, 0.3) is 0 Å². The Balaban J connectivity index is 1.43. The number of halogens is 1. The van der Waals surface area contributed by atoms with Crippen molar-refractivity contribution in [3.63, 3.8) is 0 Å². The number of carbonyl (C=O) groups is 2. The lowest BCUT2D eigenvalue weighted by Gasteiger charge is -2.34. The number of rotatable bonds is 5. The summed E-state index contributed by atoms with van der Waals surface area (Å²) in [5.74, 6) is -0.219. The Hall–Kier alpha value is -1.70. The first-order valence-corrected chi connectivity index (χ1v) is 10.2. The van der Waals surface area contributed by atoms with Gasteiger partial charge in [0.1, 0.15) is 0 Å². The molecule has 3 rings (SSSR count). The topological polar surface area (TPSA) is 52.7 Å². The third-order valence-electron chi connectivity index (χ3n) is 4.52. The molecule has 7 heteroatoms. The molecular weight excluding hydrogens is 414 g/mol. The van der Waals surface area contributed by atoms with E-state index in [1.807, 2.05) is 30.0 Å². The van der Waals surface area contributed by atoms with E-state index >= 15 is 0 Å². The quantitative estimate of drug-likeness (QED) is 0.785. The molecule has 26 heavy (non-hydrogen) atoms. The van der Waals surface area contributed by atoms with Gasteiger partial charge in [0.25, 0.3) is 5.91 Å². The van der Waals surface area contributed by atoms with Crippen LogP contribution in [0.15, 0.2) is 40.2 Å². The van der Waals surface area contributed by atoms with Gasteiger partial charge >= 0.3 is 0 Å². The van der Waals surface area contributed by atoms with Crippen molar-refractivity contribution in [2.45, 2.75) is 13.5 Å².